The summed E-state index contributed by atoms with van der Waals surface area (Å²) in [6, 6.07) is 3.17. The summed E-state index contributed by atoms with van der Waals surface area (Å²) < 4.78 is 0. The molecule has 0 aliphatic heterocycles. The van der Waals surface area contributed by atoms with Crippen LogP contribution in [0.3, 0.4) is 0 Å². The normalized spacial score (nSPS) is 15.9. The van der Waals surface area contributed by atoms with Crippen molar-refractivity contribution in [2.45, 2.75) is 37.6 Å². The van der Waals surface area contributed by atoms with Crippen molar-refractivity contribution in [3.8, 4) is 0 Å². The van der Waals surface area contributed by atoms with E-state index in [1.165, 1.54) is 12.6 Å². The molecule has 0 saturated heterocycles. The van der Waals surface area contributed by atoms with E-state index in [9.17, 15) is 9.59 Å². The molecule has 1 saturated carbocycles. The number of carbonyl (C=O) groups is 1. The van der Waals surface area contributed by atoms with Gasteiger partial charge in [-0.05, 0) is 25.0 Å². The lowest BCUT2D eigenvalue weighted by Gasteiger charge is -2.33. The zero-order valence-electron chi connectivity index (χ0n) is 14.7. The third kappa shape index (κ3) is 4.75. The Morgan fingerprint density at radius 2 is 2.07 bits per heavy atom. The van der Waals surface area contributed by atoms with Crippen LogP contribution in [-0.4, -0.2) is 32.9 Å². The largest absolute Gasteiger partial charge is 0.365 e. The van der Waals surface area contributed by atoms with Crippen molar-refractivity contribution < 1.29 is 4.79 Å². The molecule has 2 heterocycles. The molecule has 2 aromatic heterocycles. The fourth-order valence-corrected chi connectivity index (χ4v) is 3.36. The molecule has 1 fully saturated rings. The SMILES string of the molecule is NC(=O)c1c(Nc2ccnc(Cl)c2)nc(NCC2(N)CCCCC2)[nH]c1=O. The zero-order chi connectivity index (χ0) is 19.4. The molecule has 2 aromatic rings. The van der Waals surface area contributed by atoms with Crippen LogP contribution >= 0.6 is 11.6 Å². The second-order valence-corrected chi connectivity index (χ2v) is 7.16. The highest BCUT2D eigenvalue weighted by Gasteiger charge is 2.27. The quantitative estimate of drug-likeness (QED) is 0.470. The Labute approximate surface area is 160 Å². The van der Waals surface area contributed by atoms with E-state index in [1.807, 2.05) is 0 Å². The van der Waals surface area contributed by atoms with E-state index >= 15 is 0 Å². The Kier molecular flexibility index (Phi) is 5.62. The number of nitrogens with zero attached hydrogens (tertiary/aromatic N) is 2. The fraction of sp³-hybridized carbons (Fsp3) is 0.412. The molecule has 1 aliphatic carbocycles. The van der Waals surface area contributed by atoms with Gasteiger partial charge in [-0.3, -0.25) is 14.6 Å². The van der Waals surface area contributed by atoms with Crippen LogP contribution in [0.5, 0.6) is 0 Å². The van der Waals surface area contributed by atoms with Crippen molar-refractivity contribution in [2.24, 2.45) is 11.5 Å². The highest BCUT2D eigenvalue weighted by molar-refractivity contribution is 6.29. The molecular formula is C17H22ClN7O2. The number of hydrogen-bond acceptors (Lipinski definition) is 7. The van der Waals surface area contributed by atoms with E-state index < -0.39 is 11.5 Å². The smallest absolute Gasteiger partial charge is 0.267 e. The number of hydrogen-bond donors (Lipinski definition) is 5. The molecule has 27 heavy (non-hydrogen) atoms. The number of aromatic amines is 1. The van der Waals surface area contributed by atoms with E-state index in [-0.39, 0.29) is 28.0 Å². The number of nitrogens with two attached hydrogens (primary N) is 2. The standard InChI is InChI=1S/C17H22ClN7O2/c18-11-8-10(4-7-21-11)23-14-12(13(19)26)15(27)25-16(24-14)22-9-17(20)5-2-1-3-6-17/h4,7-8H,1-3,5-6,9,20H2,(H2,19,26)(H3,21,22,23,24,25,27). The van der Waals surface area contributed by atoms with Crippen LogP contribution in [0.1, 0.15) is 42.5 Å². The molecule has 0 bridgehead atoms. The summed E-state index contributed by atoms with van der Waals surface area (Å²) in [5.74, 6) is -0.644. The lowest BCUT2D eigenvalue weighted by molar-refractivity contribution is 0.0999. The Bertz CT molecular complexity index is 893. The van der Waals surface area contributed by atoms with E-state index in [2.05, 4.69) is 25.6 Å². The molecule has 10 heteroatoms. The maximum absolute atomic E-state index is 12.3. The molecule has 9 nitrogen and oxygen atoms in total. The van der Waals surface area contributed by atoms with E-state index in [0.717, 1.165) is 25.7 Å². The van der Waals surface area contributed by atoms with Crippen LogP contribution in [-0.2, 0) is 0 Å². The molecule has 0 atom stereocenters. The van der Waals surface area contributed by atoms with Crippen LogP contribution in [0.2, 0.25) is 5.15 Å². The number of nitrogens with one attached hydrogen (secondary N) is 3. The van der Waals surface area contributed by atoms with Gasteiger partial charge < -0.3 is 22.1 Å². The number of halogens is 1. The second kappa shape index (κ2) is 7.93. The van der Waals surface area contributed by atoms with Crippen molar-refractivity contribution in [3.05, 3.63) is 39.4 Å². The summed E-state index contributed by atoms with van der Waals surface area (Å²) in [6.07, 6.45) is 6.65. The van der Waals surface area contributed by atoms with Gasteiger partial charge >= 0.3 is 0 Å². The van der Waals surface area contributed by atoms with Crippen LogP contribution < -0.4 is 27.7 Å². The number of H-pyrrole nitrogens is 1. The van der Waals surface area contributed by atoms with Gasteiger partial charge in [0.2, 0.25) is 5.95 Å². The Hall–Kier alpha value is -2.65. The van der Waals surface area contributed by atoms with Gasteiger partial charge in [-0.2, -0.15) is 4.98 Å². The molecule has 144 valence electrons. The minimum atomic E-state index is -0.888. The van der Waals surface area contributed by atoms with Gasteiger partial charge in [0, 0.05) is 24.0 Å². The average molecular weight is 392 g/mol. The summed E-state index contributed by atoms with van der Waals surface area (Å²) in [6.45, 7) is 0.465. The number of amides is 1. The fourth-order valence-electron chi connectivity index (χ4n) is 3.19. The molecule has 7 N–H and O–H groups in total. The maximum atomic E-state index is 12.3. The van der Waals surface area contributed by atoms with Crippen molar-refractivity contribution in [1.82, 2.24) is 15.0 Å². The molecule has 0 unspecified atom stereocenters. The second-order valence-electron chi connectivity index (χ2n) is 6.77. The van der Waals surface area contributed by atoms with Gasteiger partial charge in [0.25, 0.3) is 11.5 Å². The van der Waals surface area contributed by atoms with Gasteiger partial charge in [0.05, 0.1) is 0 Å². The lowest BCUT2D eigenvalue weighted by atomic mass is 9.82. The predicted octanol–water partition coefficient (Wildman–Crippen LogP) is 1.73. The monoisotopic (exact) mass is 391 g/mol. The Morgan fingerprint density at radius 1 is 1.33 bits per heavy atom. The number of rotatable bonds is 6. The Balaban J connectivity index is 1.86. The highest BCUT2D eigenvalue weighted by Crippen LogP contribution is 2.26. The molecule has 1 aliphatic rings. The molecule has 0 spiro atoms. The van der Waals surface area contributed by atoms with Gasteiger partial charge in [-0.25, -0.2) is 4.98 Å². The first kappa shape index (κ1) is 19.1. The van der Waals surface area contributed by atoms with Crippen LogP contribution in [0.15, 0.2) is 23.1 Å². The molecule has 0 aromatic carbocycles. The first-order chi connectivity index (χ1) is 12.9. The first-order valence-electron chi connectivity index (χ1n) is 8.72. The van der Waals surface area contributed by atoms with Crippen LogP contribution in [0, 0.1) is 0 Å². The maximum Gasteiger partial charge on any atom is 0.267 e. The minimum absolute atomic E-state index is 0.0331. The van der Waals surface area contributed by atoms with Gasteiger partial charge in [-0.15, -0.1) is 0 Å². The van der Waals surface area contributed by atoms with E-state index in [0.29, 0.717) is 12.2 Å². The molecule has 3 rings (SSSR count). The van der Waals surface area contributed by atoms with Crippen LogP contribution in [0.25, 0.3) is 0 Å². The van der Waals surface area contributed by atoms with Crippen molar-refractivity contribution in [1.29, 1.82) is 0 Å². The summed E-state index contributed by atoms with van der Waals surface area (Å²) in [5, 5.41) is 6.23. The number of primary amides is 1. The predicted molar refractivity (Wildman–Crippen MR) is 104 cm³/mol. The average Bonchev–Trinajstić information content (AvgIpc) is 2.60. The van der Waals surface area contributed by atoms with Crippen molar-refractivity contribution >= 4 is 35.0 Å². The molecule has 1 amide bonds. The third-order valence-corrected chi connectivity index (χ3v) is 4.82. The van der Waals surface area contributed by atoms with Gasteiger partial charge in [0.1, 0.15) is 10.7 Å². The molecular weight excluding hydrogens is 370 g/mol. The minimum Gasteiger partial charge on any atom is -0.365 e. The summed E-state index contributed by atoms with van der Waals surface area (Å²) in [5.41, 5.74) is 11.0. The summed E-state index contributed by atoms with van der Waals surface area (Å²) >= 11 is 5.87. The van der Waals surface area contributed by atoms with Crippen molar-refractivity contribution in [2.75, 3.05) is 17.2 Å². The Morgan fingerprint density at radius 3 is 2.74 bits per heavy atom. The number of aromatic nitrogens is 3. The lowest BCUT2D eigenvalue weighted by Crippen LogP contribution is -2.48. The topological polar surface area (TPSA) is 152 Å². The summed E-state index contributed by atoms with van der Waals surface area (Å²) in [4.78, 5) is 34.8. The highest BCUT2D eigenvalue weighted by atomic mass is 35.5. The van der Waals surface area contributed by atoms with Crippen molar-refractivity contribution in [3.63, 3.8) is 0 Å². The number of carbonyl (C=O) groups excluding carboxylic acids is 1. The number of anilines is 3. The van der Waals surface area contributed by atoms with Crippen LogP contribution in [0.4, 0.5) is 17.5 Å². The van der Waals surface area contributed by atoms with E-state index in [1.54, 1.807) is 12.1 Å². The molecule has 0 radical (unpaired) electrons. The third-order valence-electron chi connectivity index (χ3n) is 4.61. The van der Waals surface area contributed by atoms with Gasteiger partial charge in [-0.1, -0.05) is 30.9 Å². The van der Waals surface area contributed by atoms with E-state index in [4.69, 9.17) is 23.1 Å². The summed E-state index contributed by atoms with van der Waals surface area (Å²) in [7, 11) is 0. The van der Waals surface area contributed by atoms with Gasteiger partial charge in [0.15, 0.2) is 5.82 Å². The zero-order valence-corrected chi connectivity index (χ0v) is 15.5. The number of pyridine rings is 1. The first-order valence-corrected chi connectivity index (χ1v) is 9.10.